The first-order valence-electron chi connectivity index (χ1n) is 12.1. The van der Waals surface area contributed by atoms with Crippen LogP contribution in [0.1, 0.15) is 46.1 Å². The van der Waals surface area contributed by atoms with Gasteiger partial charge in [0.25, 0.3) is 5.91 Å². The first-order valence-corrected chi connectivity index (χ1v) is 12.1. The van der Waals surface area contributed by atoms with Crippen molar-refractivity contribution in [3.8, 4) is 22.9 Å². The van der Waals surface area contributed by atoms with Gasteiger partial charge in [-0.3, -0.25) is 4.79 Å². The molecule has 194 valence electrons. The van der Waals surface area contributed by atoms with Gasteiger partial charge in [-0.05, 0) is 44.0 Å². The van der Waals surface area contributed by atoms with Crippen LogP contribution in [0.2, 0.25) is 0 Å². The Morgan fingerprint density at radius 1 is 1.03 bits per heavy atom. The van der Waals surface area contributed by atoms with E-state index < -0.39 is 5.54 Å². The molecule has 0 saturated carbocycles. The lowest BCUT2D eigenvalue weighted by atomic mass is 9.94. The van der Waals surface area contributed by atoms with Gasteiger partial charge < -0.3 is 23.9 Å². The number of aromatic nitrogens is 4. The van der Waals surface area contributed by atoms with Gasteiger partial charge in [-0.15, -0.1) is 10.2 Å². The molecule has 0 aliphatic rings. The molecule has 3 heterocycles. The zero-order valence-electron chi connectivity index (χ0n) is 21.6. The molecule has 1 atom stereocenters. The Kier molecular flexibility index (Phi) is 6.64. The number of aryl methyl sites for hydroxylation is 2. The summed E-state index contributed by atoms with van der Waals surface area (Å²) in [6, 6.07) is 15.1. The molecule has 1 unspecified atom stereocenters. The first-order chi connectivity index (χ1) is 18.2. The van der Waals surface area contributed by atoms with Crippen molar-refractivity contribution in [2.24, 2.45) is 5.73 Å². The predicted molar refractivity (Wildman–Crippen MR) is 139 cm³/mol. The molecule has 0 radical (unpaired) electrons. The van der Waals surface area contributed by atoms with Crippen LogP contribution < -0.4 is 5.73 Å². The van der Waals surface area contributed by atoms with Crippen molar-refractivity contribution in [3.05, 3.63) is 95.4 Å². The number of hydrogen-bond acceptors (Lipinski definition) is 9. The fourth-order valence-electron chi connectivity index (χ4n) is 4.27. The third kappa shape index (κ3) is 5.25. The van der Waals surface area contributed by atoms with Crippen molar-refractivity contribution in [3.63, 3.8) is 0 Å². The second kappa shape index (κ2) is 10.1. The van der Waals surface area contributed by atoms with Gasteiger partial charge in [0.05, 0.1) is 18.3 Å². The molecule has 2 aromatic carbocycles. The summed E-state index contributed by atoms with van der Waals surface area (Å²) in [5, 5.41) is 8.48. The van der Waals surface area contributed by atoms with Crippen LogP contribution in [0.4, 0.5) is 0 Å². The highest BCUT2D eigenvalue weighted by molar-refractivity contribution is 5.96. The molecular formula is C28H28N6O4. The van der Waals surface area contributed by atoms with Gasteiger partial charge in [0.15, 0.2) is 5.89 Å². The van der Waals surface area contributed by atoms with E-state index in [4.69, 9.17) is 19.0 Å². The van der Waals surface area contributed by atoms with E-state index in [1.165, 1.54) is 6.26 Å². The van der Waals surface area contributed by atoms with E-state index in [1.54, 1.807) is 43.3 Å². The summed E-state index contributed by atoms with van der Waals surface area (Å²) >= 11 is 0. The minimum atomic E-state index is -0.890. The lowest BCUT2D eigenvalue weighted by molar-refractivity contribution is 0.0783. The van der Waals surface area contributed by atoms with Gasteiger partial charge in [0.2, 0.25) is 17.7 Å². The third-order valence-electron chi connectivity index (χ3n) is 6.17. The number of benzene rings is 2. The zero-order valence-corrected chi connectivity index (χ0v) is 21.6. The van der Waals surface area contributed by atoms with Crippen molar-refractivity contribution in [2.45, 2.75) is 39.3 Å². The van der Waals surface area contributed by atoms with E-state index in [2.05, 4.69) is 20.2 Å². The molecule has 0 saturated heterocycles. The lowest BCUT2D eigenvalue weighted by Gasteiger charge is -2.20. The fourth-order valence-corrected chi connectivity index (χ4v) is 4.27. The summed E-state index contributed by atoms with van der Waals surface area (Å²) in [7, 11) is 1.71. The second-order valence-corrected chi connectivity index (χ2v) is 9.53. The van der Waals surface area contributed by atoms with E-state index in [0.717, 1.165) is 5.56 Å². The zero-order chi connectivity index (χ0) is 26.9. The molecule has 0 fully saturated rings. The summed E-state index contributed by atoms with van der Waals surface area (Å²) in [6.45, 7) is 5.73. The molecule has 3 aromatic heterocycles. The van der Waals surface area contributed by atoms with E-state index in [-0.39, 0.29) is 18.3 Å². The highest BCUT2D eigenvalue weighted by Gasteiger charge is 2.29. The Labute approximate surface area is 219 Å². The van der Waals surface area contributed by atoms with Crippen LogP contribution in [0.3, 0.4) is 0 Å². The van der Waals surface area contributed by atoms with Crippen LogP contribution in [0, 0.1) is 13.8 Å². The molecule has 0 aliphatic carbocycles. The SMILES string of the molecule is Cc1nc(CN(C)C(=O)c2cc(-c3ncco3)cc(-c3nnc(C(C)(N)Cc4ccccc4)o3)c2)c(C)o1. The number of oxazole rings is 2. The minimum absolute atomic E-state index is 0.229. The summed E-state index contributed by atoms with van der Waals surface area (Å²) in [6.07, 6.45) is 3.53. The quantitative estimate of drug-likeness (QED) is 0.314. The normalized spacial score (nSPS) is 12.9. The van der Waals surface area contributed by atoms with E-state index in [0.29, 0.717) is 52.2 Å². The molecule has 2 N–H and O–H groups in total. The van der Waals surface area contributed by atoms with E-state index >= 15 is 0 Å². The lowest BCUT2D eigenvalue weighted by Crippen LogP contribution is -2.35. The number of nitrogens with zero attached hydrogens (tertiary/aromatic N) is 5. The van der Waals surface area contributed by atoms with Crippen LogP contribution in [-0.4, -0.2) is 38.0 Å². The van der Waals surface area contributed by atoms with Crippen LogP contribution in [0.5, 0.6) is 0 Å². The predicted octanol–water partition coefficient (Wildman–Crippen LogP) is 4.69. The van der Waals surface area contributed by atoms with Gasteiger partial charge in [0, 0.05) is 30.7 Å². The smallest absolute Gasteiger partial charge is 0.253 e. The standard InChI is InChI=1S/C28H28N6O4/c1-17-23(31-18(2)37-17)16-34(4)26(35)22-13-20(24-30-10-11-36-24)12-21(14-22)25-32-33-27(38-25)28(3,29)15-19-8-6-5-7-9-19/h5-14H,15-16,29H2,1-4H3. The van der Waals surface area contributed by atoms with Crippen LogP contribution in [0.15, 0.2) is 74.2 Å². The Morgan fingerprint density at radius 3 is 2.42 bits per heavy atom. The Bertz CT molecular complexity index is 1550. The minimum Gasteiger partial charge on any atom is -0.446 e. The molecule has 5 aromatic rings. The Morgan fingerprint density at radius 2 is 1.76 bits per heavy atom. The molecule has 0 bridgehead atoms. The third-order valence-corrected chi connectivity index (χ3v) is 6.17. The average molecular weight is 513 g/mol. The number of nitrogens with two attached hydrogens (primary N) is 1. The Balaban J connectivity index is 1.47. The summed E-state index contributed by atoms with van der Waals surface area (Å²) < 4.78 is 17.0. The molecule has 0 aliphatic heterocycles. The first kappa shape index (κ1) is 25.1. The van der Waals surface area contributed by atoms with Crippen LogP contribution in [-0.2, 0) is 18.5 Å². The highest BCUT2D eigenvalue weighted by atomic mass is 16.4. The van der Waals surface area contributed by atoms with Crippen molar-refractivity contribution in [1.29, 1.82) is 0 Å². The molecule has 0 spiro atoms. The number of amides is 1. The number of rotatable bonds is 8. The highest BCUT2D eigenvalue weighted by Crippen LogP contribution is 2.30. The van der Waals surface area contributed by atoms with Gasteiger partial charge in [-0.2, -0.15) is 0 Å². The number of hydrogen-bond donors (Lipinski definition) is 1. The summed E-state index contributed by atoms with van der Waals surface area (Å²) in [4.78, 5) is 23.7. The molecule has 10 heteroatoms. The largest absolute Gasteiger partial charge is 0.446 e. The number of carbonyl (C=O) groups excluding carboxylic acids is 1. The van der Waals surface area contributed by atoms with Gasteiger partial charge in [0.1, 0.15) is 17.7 Å². The topological polar surface area (TPSA) is 137 Å². The van der Waals surface area contributed by atoms with Crippen molar-refractivity contribution >= 4 is 5.91 Å². The molecule has 10 nitrogen and oxygen atoms in total. The van der Waals surface area contributed by atoms with Crippen molar-refractivity contribution in [1.82, 2.24) is 25.1 Å². The van der Waals surface area contributed by atoms with Crippen LogP contribution >= 0.6 is 0 Å². The van der Waals surface area contributed by atoms with E-state index in [9.17, 15) is 4.79 Å². The van der Waals surface area contributed by atoms with Gasteiger partial charge in [-0.25, -0.2) is 9.97 Å². The van der Waals surface area contributed by atoms with Crippen LogP contribution in [0.25, 0.3) is 22.9 Å². The van der Waals surface area contributed by atoms with Crippen molar-refractivity contribution < 1.29 is 18.0 Å². The summed E-state index contributed by atoms with van der Waals surface area (Å²) in [5.41, 5.74) is 8.97. The fraction of sp³-hybridized carbons (Fsp3) is 0.250. The van der Waals surface area contributed by atoms with Gasteiger partial charge in [-0.1, -0.05) is 30.3 Å². The Hall–Kier alpha value is -4.57. The number of carbonyl (C=O) groups is 1. The maximum atomic E-state index is 13.5. The van der Waals surface area contributed by atoms with Crippen molar-refractivity contribution in [2.75, 3.05) is 7.05 Å². The van der Waals surface area contributed by atoms with E-state index in [1.807, 2.05) is 44.2 Å². The maximum absolute atomic E-state index is 13.5. The molecule has 1 amide bonds. The maximum Gasteiger partial charge on any atom is 0.253 e. The van der Waals surface area contributed by atoms with Gasteiger partial charge >= 0.3 is 0 Å². The second-order valence-electron chi connectivity index (χ2n) is 9.53. The average Bonchev–Trinajstić information content (AvgIpc) is 3.66. The molecular weight excluding hydrogens is 484 g/mol. The molecule has 38 heavy (non-hydrogen) atoms. The monoisotopic (exact) mass is 512 g/mol. The summed E-state index contributed by atoms with van der Waals surface area (Å²) in [5.74, 6) is 1.89. The molecule has 5 rings (SSSR count).